The Morgan fingerprint density at radius 1 is 1.32 bits per heavy atom. The van der Waals surface area contributed by atoms with Gasteiger partial charge < -0.3 is 15.0 Å². The molecule has 1 fully saturated rings. The number of imidazole rings is 1. The van der Waals surface area contributed by atoms with Crippen molar-refractivity contribution in [2.24, 2.45) is 12.5 Å². The lowest BCUT2D eigenvalue weighted by Gasteiger charge is -2.23. The average molecular weight is 336 g/mol. The fourth-order valence-electron chi connectivity index (χ4n) is 3.20. The molecule has 1 unspecified atom stereocenters. The monoisotopic (exact) mass is 336 g/mol. The molecule has 6 heteroatoms. The second-order valence-electron chi connectivity index (χ2n) is 6.78. The fourth-order valence-corrected chi connectivity index (χ4v) is 3.20. The van der Waals surface area contributed by atoms with Crippen LogP contribution >= 0.6 is 0 Å². The number of carbonyl (C=O) groups is 1. The molecule has 2 N–H and O–H groups in total. The lowest BCUT2D eigenvalue weighted by Crippen LogP contribution is -2.33. The molecule has 0 bridgehead atoms. The highest BCUT2D eigenvalue weighted by atomic mass is 16.3. The number of fused-ring (bicyclic) bond motifs is 1. The molecule has 25 heavy (non-hydrogen) atoms. The number of rotatable bonds is 5. The Kier molecular flexibility index (Phi) is 3.77. The molecule has 3 aromatic rings. The highest BCUT2D eigenvalue weighted by Crippen LogP contribution is 2.54. The maximum atomic E-state index is 12.5. The molecule has 2 aromatic heterocycles. The van der Waals surface area contributed by atoms with Crippen molar-refractivity contribution in [1.29, 1.82) is 0 Å². The first-order valence-corrected chi connectivity index (χ1v) is 8.37. The van der Waals surface area contributed by atoms with Gasteiger partial charge in [0.05, 0.1) is 18.0 Å². The third-order valence-corrected chi connectivity index (χ3v) is 5.00. The fraction of sp³-hybridized carbons (Fsp3) is 0.316. The number of aliphatic hydroxyl groups is 1. The second kappa shape index (κ2) is 5.97. The van der Waals surface area contributed by atoms with E-state index in [1.165, 1.54) is 0 Å². The molecule has 128 valence electrons. The number of amides is 1. The number of hydrogen-bond donors (Lipinski definition) is 2. The molecule has 0 spiro atoms. The van der Waals surface area contributed by atoms with Gasteiger partial charge in [0.2, 0.25) is 0 Å². The summed E-state index contributed by atoms with van der Waals surface area (Å²) in [6.07, 6.45) is 4.48. The maximum absolute atomic E-state index is 12.5. The zero-order chi connectivity index (χ0) is 17.4. The zero-order valence-corrected chi connectivity index (χ0v) is 14.0. The summed E-state index contributed by atoms with van der Waals surface area (Å²) in [7, 11) is 1.86. The normalized spacial score (nSPS) is 16.6. The van der Waals surface area contributed by atoms with Crippen LogP contribution in [0.1, 0.15) is 34.9 Å². The van der Waals surface area contributed by atoms with Crippen molar-refractivity contribution in [3.63, 3.8) is 0 Å². The van der Waals surface area contributed by atoms with Crippen molar-refractivity contribution in [1.82, 2.24) is 19.9 Å². The summed E-state index contributed by atoms with van der Waals surface area (Å²) in [6, 6.07) is 11.3. The van der Waals surface area contributed by atoms with E-state index >= 15 is 0 Å². The standard InChI is InChI=1S/C19H20N4O2/c1-23-12-22-15-9-14(10-20-17(15)23)18(25)21-11-19(7-8-19)16(24)13-5-3-2-4-6-13/h2-6,9-10,12,16,24H,7-8,11H2,1H3,(H,21,25). The van der Waals surface area contributed by atoms with Crippen LogP contribution in [0.4, 0.5) is 0 Å². The van der Waals surface area contributed by atoms with Crippen LogP contribution in [0, 0.1) is 5.41 Å². The van der Waals surface area contributed by atoms with Crippen LogP contribution in [0.2, 0.25) is 0 Å². The third kappa shape index (κ3) is 2.89. The number of aromatic nitrogens is 3. The van der Waals surface area contributed by atoms with Gasteiger partial charge in [0.15, 0.2) is 5.65 Å². The van der Waals surface area contributed by atoms with Crippen molar-refractivity contribution in [3.05, 3.63) is 60.0 Å². The number of nitrogens with one attached hydrogen (secondary N) is 1. The first kappa shape index (κ1) is 15.8. The lowest BCUT2D eigenvalue weighted by molar-refractivity contribution is 0.0808. The Labute approximate surface area is 145 Å². The van der Waals surface area contributed by atoms with Crippen LogP contribution in [0.5, 0.6) is 0 Å². The van der Waals surface area contributed by atoms with Crippen molar-refractivity contribution in [2.45, 2.75) is 18.9 Å². The summed E-state index contributed by atoms with van der Waals surface area (Å²) < 4.78 is 1.81. The molecule has 4 rings (SSSR count). The molecule has 0 aliphatic heterocycles. The predicted molar refractivity (Wildman–Crippen MR) is 93.9 cm³/mol. The van der Waals surface area contributed by atoms with Crippen LogP contribution in [0.3, 0.4) is 0 Å². The van der Waals surface area contributed by atoms with E-state index in [1.807, 2.05) is 41.9 Å². The zero-order valence-electron chi connectivity index (χ0n) is 14.0. The molecule has 1 aliphatic carbocycles. The van der Waals surface area contributed by atoms with Gasteiger partial charge in [-0.3, -0.25) is 4.79 Å². The predicted octanol–water partition coefficient (Wildman–Crippen LogP) is 2.21. The van der Waals surface area contributed by atoms with Gasteiger partial charge in [-0.15, -0.1) is 0 Å². The number of aliphatic hydroxyl groups excluding tert-OH is 1. The molecular formula is C19H20N4O2. The highest BCUT2D eigenvalue weighted by Gasteiger charge is 2.49. The van der Waals surface area contributed by atoms with Gasteiger partial charge in [-0.05, 0) is 24.5 Å². The van der Waals surface area contributed by atoms with E-state index in [-0.39, 0.29) is 11.3 Å². The molecular weight excluding hydrogens is 316 g/mol. The van der Waals surface area contributed by atoms with E-state index in [9.17, 15) is 9.90 Å². The van der Waals surface area contributed by atoms with Crippen molar-refractivity contribution in [2.75, 3.05) is 6.54 Å². The second-order valence-corrected chi connectivity index (χ2v) is 6.78. The minimum Gasteiger partial charge on any atom is -0.388 e. The van der Waals surface area contributed by atoms with Gasteiger partial charge in [0.1, 0.15) is 5.52 Å². The van der Waals surface area contributed by atoms with Gasteiger partial charge in [0, 0.05) is 25.2 Å². The maximum Gasteiger partial charge on any atom is 0.252 e. The summed E-state index contributed by atoms with van der Waals surface area (Å²) in [4.78, 5) is 21.0. The van der Waals surface area contributed by atoms with Gasteiger partial charge in [0.25, 0.3) is 5.91 Å². The molecule has 0 saturated heterocycles. The van der Waals surface area contributed by atoms with Crippen molar-refractivity contribution in [3.8, 4) is 0 Å². The van der Waals surface area contributed by atoms with E-state index in [1.54, 1.807) is 18.6 Å². The Balaban J connectivity index is 1.45. The summed E-state index contributed by atoms with van der Waals surface area (Å²) in [5.41, 5.74) is 2.55. The van der Waals surface area contributed by atoms with Crippen LogP contribution in [-0.2, 0) is 7.05 Å². The van der Waals surface area contributed by atoms with Crippen molar-refractivity contribution >= 4 is 17.1 Å². The van der Waals surface area contributed by atoms with Gasteiger partial charge in [-0.2, -0.15) is 0 Å². The van der Waals surface area contributed by atoms with Crippen molar-refractivity contribution < 1.29 is 9.90 Å². The number of nitrogens with zero attached hydrogens (tertiary/aromatic N) is 3. The van der Waals surface area contributed by atoms with Crippen LogP contribution < -0.4 is 5.32 Å². The summed E-state index contributed by atoms with van der Waals surface area (Å²) in [6.45, 7) is 0.447. The molecule has 1 aliphatic rings. The van der Waals surface area contributed by atoms with E-state index in [0.717, 1.165) is 24.1 Å². The number of aryl methyl sites for hydroxylation is 1. The largest absolute Gasteiger partial charge is 0.388 e. The van der Waals surface area contributed by atoms with E-state index in [0.29, 0.717) is 17.6 Å². The lowest BCUT2D eigenvalue weighted by atomic mass is 9.92. The topological polar surface area (TPSA) is 80.0 Å². The molecule has 1 saturated carbocycles. The first-order valence-electron chi connectivity index (χ1n) is 8.37. The van der Waals surface area contributed by atoms with E-state index in [4.69, 9.17) is 0 Å². The van der Waals surface area contributed by atoms with E-state index < -0.39 is 6.10 Å². The van der Waals surface area contributed by atoms with Gasteiger partial charge in [-0.1, -0.05) is 30.3 Å². The third-order valence-electron chi connectivity index (χ3n) is 5.00. The minimum absolute atomic E-state index is 0.188. The summed E-state index contributed by atoms with van der Waals surface area (Å²) in [5, 5.41) is 13.6. The quantitative estimate of drug-likeness (QED) is 0.749. The number of pyridine rings is 1. The number of carbonyl (C=O) groups excluding carboxylic acids is 1. The summed E-state index contributed by atoms with van der Waals surface area (Å²) >= 11 is 0. The van der Waals surface area contributed by atoms with Gasteiger partial charge >= 0.3 is 0 Å². The Hall–Kier alpha value is -2.73. The molecule has 1 atom stereocenters. The SMILES string of the molecule is Cn1cnc2cc(C(=O)NCC3(C(O)c4ccccc4)CC3)cnc21. The Bertz CT molecular complexity index is 916. The molecule has 0 radical (unpaired) electrons. The molecule has 1 aromatic carbocycles. The van der Waals surface area contributed by atoms with E-state index in [2.05, 4.69) is 15.3 Å². The Morgan fingerprint density at radius 2 is 2.08 bits per heavy atom. The average Bonchev–Trinajstić information content (AvgIpc) is 3.36. The van der Waals surface area contributed by atoms with Gasteiger partial charge in [-0.25, -0.2) is 9.97 Å². The smallest absolute Gasteiger partial charge is 0.252 e. The first-order chi connectivity index (χ1) is 12.1. The minimum atomic E-state index is -0.564. The molecule has 2 heterocycles. The summed E-state index contributed by atoms with van der Waals surface area (Å²) in [5.74, 6) is -0.188. The number of hydrogen-bond acceptors (Lipinski definition) is 4. The van der Waals surface area contributed by atoms with Crippen LogP contribution in [0.15, 0.2) is 48.9 Å². The van der Waals surface area contributed by atoms with Crippen LogP contribution in [-0.4, -0.2) is 32.1 Å². The van der Waals surface area contributed by atoms with Crippen LogP contribution in [0.25, 0.3) is 11.2 Å². The Morgan fingerprint density at radius 3 is 2.80 bits per heavy atom. The molecule has 6 nitrogen and oxygen atoms in total. The highest BCUT2D eigenvalue weighted by molar-refractivity contribution is 5.96. The molecule has 1 amide bonds. The number of benzene rings is 1.